The van der Waals surface area contributed by atoms with Crippen LogP contribution >= 0.6 is 0 Å². The van der Waals surface area contributed by atoms with Crippen molar-refractivity contribution in [1.29, 1.82) is 0 Å². The van der Waals surface area contributed by atoms with Crippen molar-refractivity contribution >= 4 is 21.8 Å². The minimum atomic E-state index is -1.98. The molecule has 0 fully saturated rings. The Morgan fingerprint density at radius 1 is 0.455 bits per heavy atom. The SMILES string of the molecule is [2H]c1c([2H])c([2H])c(-c2c([2H])c([2H])c(-n3c4c([2H])c([2H])c([2H])c([2H])c4c4c5c(c([2H])c([2H])c43)C(c3c([2H])c([2H])c([2H])c(-c4c([2H])c([2H])c([2H])c([2H])c4[2H])c3[2H])c3c([2H])c([2H])c([2H])c([2H])c3-5)c([2H])c2[2H])c([2H])c1[2H]. The van der Waals surface area contributed by atoms with Crippen molar-refractivity contribution in [2.45, 2.75) is 5.92 Å². The van der Waals surface area contributed by atoms with E-state index in [2.05, 4.69) is 0 Å². The van der Waals surface area contributed by atoms with Crippen LogP contribution in [0.15, 0.2) is 169 Å². The molecule has 0 spiro atoms. The van der Waals surface area contributed by atoms with Gasteiger partial charge in [0.1, 0.15) is 0 Å². The second kappa shape index (κ2) is 9.97. The van der Waals surface area contributed by atoms with Crippen LogP contribution in [-0.4, -0.2) is 4.57 Å². The summed E-state index contributed by atoms with van der Waals surface area (Å²) < 4.78 is 250. The first-order valence-corrected chi connectivity index (χ1v) is 13.0. The highest BCUT2D eigenvalue weighted by molar-refractivity contribution is 6.17. The lowest BCUT2D eigenvalue weighted by Gasteiger charge is -2.16. The molecule has 44 heavy (non-hydrogen) atoms. The van der Waals surface area contributed by atoms with E-state index in [0.717, 1.165) is 4.57 Å². The lowest BCUT2D eigenvalue weighted by Crippen LogP contribution is -2.00. The average Bonchev–Trinajstić information content (AvgIpc) is 3.88. The van der Waals surface area contributed by atoms with Gasteiger partial charge in [0.2, 0.25) is 0 Å². The maximum Gasteiger partial charge on any atom is 0.0645 e. The fraction of sp³-hybridized carbons (Fsp3) is 0.0233. The molecule has 0 bridgehead atoms. The molecule has 0 radical (unpaired) electrons. The summed E-state index contributed by atoms with van der Waals surface area (Å²) in [5.74, 6) is -1.98. The lowest BCUT2D eigenvalue weighted by atomic mass is 9.87. The lowest BCUT2D eigenvalue weighted by molar-refractivity contribution is 1.02. The molecular formula is C43H29N. The number of nitrogens with zero attached hydrogens (tertiary/aromatic N) is 1. The third-order valence-corrected chi connectivity index (χ3v) is 7.25. The summed E-state index contributed by atoms with van der Waals surface area (Å²) in [6.07, 6.45) is 0. The van der Waals surface area contributed by atoms with Crippen LogP contribution in [0.1, 0.15) is 61.0 Å². The van der Waals surface area contributed by atoms with Crippen LogP contribution in [0.25, 0.3) is 60.9 Å². The van der Waals surface area contributed by atoms with Crippen LogP contribution in [0.5, 0.6) is 0 Å². The first-order valence-electron chi connectivity index (χ1n) is 27.0. The monoisotopic (exact) mass is 587 g/mol. The topological polar surface area (TPSA) is 4.93 Å². The fourth-order valence-corrected chi connectivity index (χ4v) is 5.47. The minimum Gasteiger partial charge on any atom is -0.309 e. The molecule has 1 aliphatic carbocycles. The molecule has 0 N–H and O–H groups in total. The van der Waals surface area contributed by atoms with Gasteiger partial charge in [-0.15, -0.1) is 0 Å². The van der Waals surface area contributed by atoms with Gasteiger partial charge in [0.25, 0.3) is 0 Å². The molecule has 1 heteroatoms. The van der Waals surface area contributed by atoms with Crippen molar-refractivity contribution in [3.63, 3.8) is 0 Å². The van der Waals surface area contributed by atoms with Crippen LogP contribution in [0, 0.1) is 0 Å². The van der Waals surface area contributed by atoms with E-state index in [1.807, 2.05) is 0 Å². The molecule has 0 saturated heterocycles. The van der Waals surface area contributed by atoms with E-state index in [4.69, 9.17) is 24.7 Å². The van der Waals surface area contributed by atoms with E-state index in [0.29, 0.717) is 0 Å². The van der Waals surface area contributed by atoms with E-state index >= 15 is 0 Å². The predicted octanol–water partition coefficient (Wildman–Crippen LogP) is 11.3. The summed E-state index contributed by atoms with van der Waals surface area (Å²) in [5, 5.41) is -1.04. The van der Waals surface area contributed by atoms with E-state index in [9.17, 15) is 13.7 Å². The number of benzene rings is 7. The molecule has 1 atom stereocenters. The summed E-state index contributed by atoms with van der Waals surface area (Å²) >= 11 is 0. The smallest absolute Gasteiger partial charge is 0.0645 e. The average molecular weight is 588 g/mol. The van der Waals surface area contributed by atoms with Crippen molar-refractivity contribution in [1.82, 2.24) is 4.57 Å². The summed E-state index contributed by atoms with van der Waals surface area (Å²) in [5.41, 5.74) is -7.77. The molecule has 206 valence electrons. The first kappa shape index (κ1) is 9.67. The quantitative estimate of drug-likeness (QED) is 0.193. The van der Waals surface area contributed by atoms with Gasteiger partial charge in [0, 0.05) is 22.4 Å². The first-order chi connectivity index (χ1) is 33.5. The van der Waals surface area contributed by atoms with Crippen molar-refractivity contribution < 1.29 is 38.4 Å². The Morgan fingerprint density at radius 2 is 1.09 bits per heavy atom. The number of hydrogen-bond acceptors (Lipinski definition) is 0. The third-order valence-electron chi connectivity index (χ3n) is 7.25. The maximum atomic E-state index is 9.75. The van der Waals surface area contributed by atoms with Crippen LogP contribution < -0.4 is 0 Å². The Labute approximate surface area is 296 Å². The van der Waals surface area contributed by atoms with E-state index in [-0.39, 0.29) is 0 Å². The number of fused-ring (bicyclic) bond motifs is 7. The normalized spacial score (nSPS) is 22.6. The molecular weight excluding hydrogens is 530 g/mol. The molecule has 7 aromatic carbocycles. The second-order valence-electron chi connectivity index (χ2n) is 9.56. The van der Waals surface area contributed by atoms with E-state index in [1.54, 1.807) is 0 Å². The van der Waals surface area contributed by atoms with Crippen LogP contribution in [0.3, 0.4) is 0 Å². The van der Waals surface area contributed by atoms with E-state index in [1.165, 1.54) is 0 Å². The van der Waals surface area contributed by atoms with Crippen molar-refractivity contribution in [3.05, 3.63) is 186 Å². The number of aromatic nitrogens is 1. The molecule has 1 unspecified atom stereocenters. The zero-order valence-electron chi connectivity index (χ0n) is 50.0. The zero-order chi connectivity index (χ0) is 53.4. The van der Waals surface area contributed by atoms with Gasteiger partial charge in [-0.2, -0.15) is 0 Å². The van der Waals surface area contributed by atoms with Crippen LogP contribution in [0.4, 0.5) is 0 Å². The standard InChI is InChI=1S/C43H29N/c1-3-12-29(13-4-1)31-22-24-34(25-23-31)44-39-21-10-9-20-37(39)43-40(44)27-26-38-41(35-18-7-8-19-36(35)42(38)43)33-17-11-16-32(28-33)30-14-5-2-6-15-30/h1-28,41H/i1D,2D,3D,4D,5D,6D,7D,8D,9D,10D,11D,12D,13D,14D,15D,16D,17D,18D,19D,20D,21D,22D,23D,24D,25D,26D,27D,28D. The van der Waals surface area contributed by atoms with Gasteiger partial charge in [-0.3, -0.25) is 0 Å². The third kappa shape index (κ3) is 3.80. The Balaban J connectivity index is 1.53. The fourth-order valence-electron chi connectivity index (χ4n) is 5.47. The van der Waals surface area contributed by atoms with Gasteiger partial charge in [-0.1, -0.05) is 145 Å². The summed E-state index contributed by atoms with van der Waals surface area (Å²) in [6.45, 7) is 0. The molecule has 8 aromatic rings. The van der Waals surface area contributed by atoms with Crippen molar-refractivity contribution in [2.24, 2.45) is 0 Å². The largest absolute Gasteiger partial charge is 0.309 e. The highest BCUT2D eigenvalue weighted by Gasteiger charge is 2.33. The Hall–Kier alpha value is -5.66. The Bertz CT molecular complexity index is 3820. The molecule has 0 aliphatic heterocycles. The van der Waals surface area contributed by atoms with Gasteiger partial charge < -0.3 is 4.57 Å². The maximum absolute atomic E-state index is 9.75. The molecule has 0 saturated carbocycles. The molecule has 1 heterocycles. The molecule has 1 aromatic heterocycles. The van der Waals surface area contributed by atoms with Gasteiger partial charge in [-0.05, 0) is 74.2 Å². The summed E-state index contributed by atoms with van der Waals surface area (Å²) in [4.78, 5) is 0. The molecule has 1 nitrogen and oxygen atoms in total. The highest BCUT2D eigenvalue weighted by atomic mass is 15.0. The van der Waals surface area contributed by atoms with Crippen LogP contribution in [0.2, 0.25) is 0 Å². The van der Waals surface area contributed by atoms with Gasteiger partial charge in [-0.25, -0.2) is 0 Å². The zero-order valence-corrected chi connectivity index (χ0v) is 22.0. The van der Waals surface area contributed by atoms with Crippen molar-refractivity contribution in [2.75, 3.05) is 0 Å². The van der Waals surface area contributed by atoms with E-state index < -0.39 is 253 Å². The van der Waals surface area contributed by atoms with Gasteiger partial charge >= 0.3 is 0 Å². The number of hydrogen-bond donors (Lipinski definition) is 0. The number of rotatable bonds is 4. The van der Waals surface area contributed by atoms with Crippen LogP contribution in [-0.2, 0) is 0 Å². The highest BCUT2D eigenvalue weighted by Crippen LogP contribution is 2.53. The second-order valence-corrected chi connectivity index (χ2v) is 9.56. The Kier molecular flexibility index (Phi) is 2.19. The molecule has 1 aliphatic rings. The number of para-hydroxylation sites is 1. The van der Waals surface area contributed by atoms with Crippen molar-refractivity contribution in [3.8, 4) is 39.1 Å². The molecule has 9 rings (SSSR count). The summed E-state index contributed by atoms with van der Waals surface area (Å²) in [6, 6.07) is -25.7. The van der Waals surface area contributed by atoms with Gasteiger partial charge in [0.15, 0.2) is 0 Å². The Morgan fingerprint density at radius 3 is 1.89 bits per heavy atom. The minimum absolute atomic E-state index is 0.456. The predicted molar refractivity (Wildman–Crippen MR) is 184 cm³/mol. The summed E-state index contributed by atoms with van der Waals surface area (Å²) in [7, 11) is 0. The molecule has 0 amide bonds. The van der Waals surface area contributed by atoms with Gasteiger partial charge in [0.05, 0.1) is 49.4 Å².